The van der Waals surface area contributed by atoms with E-state index in [4.69, 9.17) is 0 Å². The molecule has 0 spiro atoms. The largest absolute Gasteiger partial charge is 0.418 e. The van der Waals surface area contributed by atoms with Gasteiger partial charge in [0.1, 0.15) is 0 Å². The summed E-state index contributed by atoms with van der Waals surface area (Å²) in [6, 6.07) is 18.0. The highest BCUT2D eigenvalue weighted by Crippen LogP contribution is 2.51. The minimum atomic E-state index is -4.99. The molecule has 2 aliphatic rings. The van der Waals surface area contributed by atoms with E-state index in [1.165, 1.54) is 48.6 Å². The molecule has 0 unspecified atom stereocenters. The van der Waals surface area contributed by atoms with Crippen molar-refractivity contribution < 1.29 is 35.9 Å². The smallest absolute Gasteiger partial charge is 0.350 e. The molecule has 2 aliphatic carbocycles. The van der Waals surface area contributed by atoms with Gasteiger partial charge in [-0.15, -0.1) is 0 Å². The molecule has 11 heteroatoms. The Balaban J connectivity index is 1.54. The van der Waals surface area contributed by atoms with Crippen LogP contribution in [0.15, 0.2) is 94.7 Å². The van der Waals surface area contributed by atoms with Gasteiger partial charge in [0.05, 0.1) is 11.1 Å². The molecule has 0 atom stereocenters. The fourth-order valence-electron chi connectivity index (χ4n) is 5.90. The van der Waals surface area contributed by atoms with E-state index >= 15 is 26.3 Å². The zero-order valence-electron chi connectivity index (χ0n) is 27.7. The Hall–Kier alpha value is -4.77. The summed E-state index contributed by atoms with van der Waals surface area (Å²) < 4.78 is 91.6. The molecule has 0 aromatic heterocycles. The van der Waals surface area contributed by atoms with Crippen molar-refractivity contribution in [1.82, 2.24) is 10.6 Å². The second-order valence-corrected chi connectivity index (χ2v) is 13.8. The molecule has 2 amide bonds. The number of hydrogen-bond donors (Lipinski definition) is 2. The van der Waals surface area contributed by atoms with Crippen LogP contribution < -0.4 is 10.6 Å². The Morgan fingerprint density at radius 1 is 0.608 bits per heavy atom. The van der Waals surface area contributed by atoms with Crippen LogP contribution in [-0.4, -0.2) is 23.9 Å². The molecule has 264 valence electrons. The molecule has 0 radical (unpaired) electrons. The number of amides is 2. The average molecular weight is 721 g/mol. The van der Waals surface area contributed by atoms with Crippen LogP contribution in [0.2, 0.25) is 0 Å². The summed E-state index contributed by atoms with van der Waals surface area (Å²) >= 11 is 0.377. The summed E-state index contributed by atoms with van der Waals surface area (Å²) in [5.41, 5.74) is -1.03. The molecule has 6 rings (SSSR count). The van der Waals surface area contributed by atoms with Gasteiger partial charge in [-0.1, -0.05) is 72.4 Å². The third-order valence-electron chi connectivity index (χ3n) is 8.69. The first-order chi connectivity index (χ1) is 24.2. The first-order valence-electron chi connectivity index (χ1n) is 16.5. The van der Waals surface area contributed by atoms with Crippen molar-refractivity contribution in [1.29, 1.82) is 0 Å². The van der Waals surface area contributed by atoms with E-state index in [1.54, 1.807) is 50.2 Å². The number of benzene rings is 4. The molecule has 4 aromatic rings. The van der Waals surface area contributed by atoms with Crippen molar-refractivity contribution in [2.45, 2.75) is 73.8 Å². The van der Waals surface area contributed by atoms with Gasteiger partial charge >= 0.3 is 12.4 Å². The molecular formula is C40H34F6N2O2S. The van der Waals surface area contributed by atoms with E-state index in [0.29, 0.717) is 22.9 Å². The van der Waals surface area contributed by atoms with Gasteiger partial charge in [0.15, 0.2) is 0 Å². The maximum atomic E-state index is 15.3. The van der Waals surface area contributed by atoms with E-state index < -0.39 is 45.1 Å². The van der Waals surface area contributed by atoms with Crippen LogP contribution in [-0.2, 0) is 21.9 Å². The predicted molar refractivity (Wildman–Crippen MR) is 188 cm³/mol. The molecule has 0 heterocycles. The van der Waals surface area contributed by atoms with E-state index in [9.17, 15) is 9.59 Å². The van der Waals surface area contributed by atoms with Gasteiger partial charge in [0.25, 0.3) is 0 Å². The quantitative estimate of drug-likeness (QED) is 0.127. The van der Waals surface area contributed by atoms with Crippen LogP contribution in [0, 0.1) is 13.8 Å². The minimum Gasteiger partial charge on any atom is -0.350 e. The molecule has 0 bridgehead atoms. The highest BCUT2D eigenvalue weighted by Gasteiger charge is 2.41. The van der Waals surface area contributed by atoms with Crippen LogP contribution in [0.3, 0.4) is 0 Å². The number of rotatable bonds is 10. The molecule has 2 N–H and O–H groups in total. The van der Waals surface area contributed by atoms with E-state index in [-0.39, 0.29) is 45.5 Å². The summed E-state index contributed by atoms with van der Waals surface area (Å²) in [5.74, 6) is -0.893. The lowest BCUT2D eigenvalue weighted by molar-refractivity contribution is -0.139. The second-order valence-electron chi connectivity index (χ2n) is 12.8. The fraction of sp³-hybridized carbons (Fsp3) is 0.250. The molecule has 0 aliphatic heterocycles. The predicted octanol–water partition coefficient (Wildman–Crippen LogP) is 10.4. The van der Waals surface area contributed by atoms with Crippen LogP contribution in [0.25, 0.3) is 34.4 Å². The summed E-state index contributed by atoms with van der Waals surface area (Å²) in [5, 5.41) is 5.54. The highest BCUT2D eigenvalue weighted by atomic mass is 32.2. The van der Waals surface area contributed by atoms with E-state index in [2.05, 4.69) is 10.6 Å². The normalized spacial score (nSPS) is 15.1. The average Bonchev–Trinajstić information content (AvgIpc) is 4.01. The Bertz CT molecular complexity index is 1900. The van der Waals surface area contributed by atoms with E-state index in [0.717, 1.165) is 37.8 Å². The zero-order valence-corrected chi connectivity index (χ0v) is 28.5. The Kier molecular flexibility index (Phi) is 10.2. The van der Waals surface area contributed by atoms with Gasteiger partial charge in [-0.05, 0) is 97.2 Å². The monoisotopic (exact) mass is 720 g/mol. The third kappa shape index (κ3) is 8.58. The summed E-state index contributed by atoms with van der Waals surface area (Å²) in [4.78, 5) is 24.1. The van der Waals surface area contributed by atoms with Gasteiger partial charge in [0, 0.05) is 45.2 Å². The van der Waals surface area contributed by atoms with Gasteiger partial charge < -0.3 is 10.6 Å². The Morgan fingerprint density at radius 3 is 1.31 bits per heavy atom. The molecule has 4 nitrogen and oxygen atoms in total. The van der Waals surface area contributed by atoms with Crippen LogP contribution in [0.1, 0.15) is 59.1 Å². The first-order valence-corrected chi connectivity index (χ1v) is 17.3. The second kappa shape index (κ2) is 14.5. The highest BCUT2D eigenvalue weighted by molar-refractivity contribution is 7.99. The topological polar surface area (TPSA) is 58.2 Å². The van der Waals surface area contributed by atoms with Crippen LogP contribution in [0.4, 0.5) is 26.3 Å². The molecule has 2 saturated carbocycles. The maximum absolute atomic E-state index is 15.3. The van der Waals surface area contributed by atoms with Crippen molar-refractivity contribution in [3.05, 3.63) is 118 Å². The van der Waals surface area contributed by atoms with Crippen molar-refractivity contribution in [2.75, 3.05) is 0 Å². The van der Waals surface area contributed by atoms with Crippen LogP contribution >= 0.6 is 11.8 Å². The van der Waals surface area contributed by atoms with Gasteiger partial charge in [-0.2, -0.15) is 26.3 Å². The third-order valence-corrected chi connectivity index (χ3v) is 9.81. The first kappa shape index (κ1) is 36.0. The summed E-state index contributed by atoms with van der Waals surface area (Å²) in [6.45, 7) is 3.30. The molecule has 51 heavy (non-hydrogen) atoms. The lowest BCUT2D eigenvalue weighted by atomic mass is 9.90. The van der Waals surface area contributed by atoms with Crippen LogP contribution in [0.5, 0.6) is 0 Å². The number of aryl methyl sites for hydroxylation is 2. The molecule has 4 aromatic carbocycles. The Morgan fingerprint density at radius 2 is 0.980 bits per heavy atom. The Labute approximate surface area is 296 Å². The summed E-state index contributed by atoms with van der Waals surface area (Å²) in [6.07, 6.45) is -1.70. The van der Waals surface area contributed by atoms with E-state index in [1.807, 2.05) is 0 Å². The van der Waals surface area contributed by atoms with Crippen molar-refractivity contribution >= 4 is 35.7 Å². The fourth-order valence-corrected chi connectivity index (χ4v) is 7.05. The maximum Gasteiger partial charge on any atom is 0.418 e. The van der Waals surface area contributed by atoms with Gasteiger partial charge in [0.2, 0.25) is 11.8 Å². The molecule has 2 fully saturated rings. The van der Waals surface area contributed by atoms with Crippen molar-refractivity contribution in [3.8, 4) is 22.3 Å². The number of hydrogen-bond acceptors (Lipinski definition) is 3. The zero-order chi connectivity index (χ0) is 36.5. The standard InChI is InChI=1S/C40H34F6N2O2S/c1-23-7-3-5-9-29(23)35-25(13-21-33(49)47-27-15-16-27)11-19-31(37(35)39(41,42)43)51-32-20-12-26(14-22-34(50)48-28-17-18-28)36(38(32)40(44,45)46)30-10-6-4-8-24(30)2/h3-14,19-22,27-28H,15-18H2,1-2H3,(H,47,49)(H,48,50). The molecular weight excluding hydrogens is 687 g/mol. The SMILES string of the molecule is Cc1ccccc1-c1c(C=CC(=O)NC2CC2)ccc(Sc2ccc(C=CC(=O)NC3CC3)c(-c3ccccc3C)c2C(F)(F)F)c1C(F)(F)F. The van der Waals surface area contributed by atoms with Crippen molar-refractivity contribution in [3.63, 3.8) is 0 Å². The number of carbonyl (C=O) groups excluding carboxylic acids is 2. The number of alkyl halides is 6. The van der Waals surface area contributed by atoms with Gasteiger partial charge in [-0.3, -0.25) is 9.59 Å². The number of carbonyl (C=O) groups is 2. The lowest BCUT2D eigenvalue weighted by Crippen LogP contribution is -2.22. The molecule has 0 saturated heterocycles. The number of nitrogens with one attached hydrogen (secondary N) is 2. The lowest BCUT2D eigenvalue weighted by Gasteiger charge is -2.24. The summed E-state index contributed by atoms with van der Waals surface area (Å²) in [7, 11) is 0. The minimum absolute atomic E-state index is 0.0386. The van der Waals surface area contributed by atoms with Gasteiger partial charge in [-0.25, -0.2) is 0 Å². The number of halogens is 6. The van der Waals surface area contributed by atoms with Crippen molar-refractivity contribution in [2.24, 2.45) is 0 Å².